The van der Waals surface area contributed by atoms with E-state index in [-0.39, 0.29) is 62.0 Å². The number of hydrogen-bond donors (Lipinski definition) is 2. The molecule has 2 aromatic rings. The van der Waals surface area contributed by atoms with Crippen molar-refractivity contribution in [2.45, 2.75) is 45.1 Å². The van der Waals surface area contributed by atoms with Crippen molar-refractivity contribution in [3.63, 3.8) is 0 Å². The van der Waals surface area contributed by atoms with Crippen molar-refractivity contribution < 1.29 is 35.9 Å². The van der Waals surface area contributed by atoms with Crippen LogP contribution in [-0.4, -0.2) is 38.9 Å². The van der Waals surface area contributed by atoms with E-state index in [0.29, 0.717) is 12.1 Å². The third kappa shape index (κ3) is 7.63. The van der Waals surface area contributed by atoms with Crippen LogP contribution in [0.3, 0.4) is 0 Å². The van der Waals surface area contributed by atoms with E-state index < -0.39 is 41.4 Å². The van der Waals surface area contributed by atoms with Gasteiger partial charge in [0.1, 0.15) is 5.82 Å². The number of fused-ring (bicyclic) bond motifs is 1. The number of amides is 2. The second-order valence-electron chi connectivity index (χ2n) is 7.17. The van der Waals surface area contributed by atoms with Crippen LogP contribution in [0.4, 0.5) is 26.3 Å². The molecule has 1 aromatic carbocycles. The van der Waals surface area contributed by atoms with Crippen LogP contribution in [0.2, 0.25) is 0 Å². The highest BCUT2D eigenvalue weighted by molar-refractivity contribution is 5.85. The van der Waals surface area contributed by atoms with Crippen molar-refractivity contribution in [1.82, 2.24) is 14.5 Å². The largest absolute Gasteiger partial charge is 0.449 e. The number of alkyl halides is 3. The first-order valence-corrected chi connectivity index (χ1v) is 9.34. The van der Waals surface area contributed by atoms with Gasteiger partial charge in [-0.2, -0.15) is 13.2 Å². The molecule has 7 nitrogen and oxygen atoms in total. The zero-order valence-corrected chi connectivity index (χ0v) is 18.2. The summed E-state index contributed by atoms with van der Waals surface area (Å²) < 4.78 is 79.5. The van der Waals surface area contributed by atoms with Crippen LogP contribution in [-0.2, 0) is 35.3 Å². The van der Waals surface area contributed by atoms with Gasteiger partial charge in [0.05, 0.1) is 18.4 Å². The van der Waals surface area contributed by atoms with Crippen molar-refractivity contribution in [1.29, 1.82) is 0 Å². The molecule has 1 unspecified atom stereocenters. The van der Waals surface area contributed by atoms with E-state index >= 15 is 0 Å². The zero-order valence-electron chi connectivity index (χ0n) is 17.3. The lowest BCUT2D eigenvalue weighted by Gasteiger charge is -2.30. The van der Waals surface area contributed by atoms with Crippen molar-refractivity contribution in [3.8, 4) is 0 Å². The molecule has 14 heteroatoms. The molecule has 2 heterocycles. The quantitative estimate of drug-likeness (QED) is 0.496. The van der Waals surface area contributed by atoms with E-state index in [9.17, 15) is 35.9 Å². The number of aromatic nitrogens is 2. The second kappa shape index (κ2) is 11.4. The molecule has 4 N–H and O–H groups in total. The number of hydrogen-bond acceptors (Lipinski definition) is 4. The van der Waals surface area contributed by atoms with Gasteiger partial charge in [-0.25, -0.2) is 18.2 Å². The fraction of sp³-hybridized carbons (Fsp3) is 0.421. The summed E-state index contributed by atoms with van der Waals surface area (Å²) in [6, 6.07) is 0.223. The van der Waals surface area contributed by atoms with E-state index in [1.807, 2.05) is 0 Å². The minimum atomic E-state index is -4.58. The molecule has 0 fully saturated rings. The molecule has 0 saturated heterocycles. The molecule has 1 aliphatic heterocycles. The summed E-state index contributed by atoms with van der Waals surface area (Å²) in [6.45, 7) is 1.22. The molecule has 3 rings (SSSR count). The predicted octanol–water partition coefficient (Wildman–Crippen LogP) is 2.53. The van der Waals surface area contributed by atoms with Gasteiger partial charge >= 0.3 is 6.18 Å². The number of imidazole rings is 1. The molecular weight excluding hydrogens is 480 g/mol. The van der Waals surface area contributed by atoms with E-state index in [4.69, 9.17) is 5.73 Å². The Morgan fingerprint density at radius 3 is 2.27 bits per heavy atom. The molecule has 0 radical (unpaired) electrons. The maximum atomic E-state index is 13.7. The van der Waals surface area contributed by atoms with Crippen LogP contribution in [0.5, 0.6) is 0 Å². The van der Waals surface area contributed by atoms with Crippen molar-refractivity contribution >= 4 is 24.2 Å². The number of rotatable bonds is 4. The summed E-state index contributed by atoms with van der Waals surface area (Å²) in [7, 11) is 0. The van der Waals surface area contributed by atoms with Gasteiger partial charge in [-0.05, 0) is 18.1 Å². The van der Waals surface area contributed by atoms with Crippen LogP contribution in [0.25, 0.3) is 0 Å². The Hall–Kier alpha value is -2.80. The standard InChI is InChI=1S/C17H16F6N4O.C2H5NO.ClH/c18-12-6-14(20)13(19)4-9(12)3-10(24)5-15(28)26-1-2-27-11(8-26)7-25-16(27)17(21,22)23;1-2(3)4;/h4,6-7,10H,1-3,5,8,24H2;1H3,(H2,3,4);1H. The Morgan fingerprint density at radius 1 is 1.12 bits per heavy atom. The van der Waals surface area contributed by atoms with E-state index in [1.165, 1.54) is 11.8 Å². The Bertz CT molecular complexity index is 994. The fourth-order valence-corrected chi connectivity index (χ4v) is 3.15. The van der Waals surface area contributed by atoms with Gasteiger partial charge in [0.15, 0.2) is 11.6 Å². The minimum Gasteiger partial charge on any atom is -0.370 e. The molecule has 2 amide bonds. The third-order valence-electron chi connectivity index (χ3n) is 4.50. The van der Waals surface area contributed by atoms with Crippen molar-refractivity contribution in [2.24, 2.45) is 11.5 Å². The highest BCUT2D eigenvalue weighted by Gasteiger charge is 2.38. The summed E-state index contributed by atoms with van der Waals surface area (Å²) in [6.07, 6.45) is -3.93. The third-order valence-corrected chi connectivity index (χ3v) is 4.50. The lowest BCUT2D eigenvalue weighted by Crippen LogP contribution is -2.41. The van der Waals surface area contributed by atoms with Crippen LogP contribution in [0.1, 0.15) is 30.4 Å². The molecule has 1 aliphatic rings. The van der Waals surface area contributed by atoms with Crippen molar-refractivity contribution in [2.75, 3.05) is 6.54 Å². The first kappa shape index (κ1) is 28.2. The number of nitrogens with two attached hydrogens (primary N) is 2. The van der Waals surface area contributed by atoms with Gasteiger partial charge in [0, 0.05) is 38.5 Å². The molecule has 0 saturated carbocycles. The van der Waals surface area contributed by atoms with E-state index in [2.05, 4.69) is 10.7 Å². The Morgan fingerprint density at radius 2 is 1.70 bits per heavy atom. The van der Waals surface area contributed by atoms with Crippen LogP contribution in [0.15, 0.2) is 18.3 Å². The summed E-state index contributed by atoms with van der Waals surface area (Å²) in [4.78, 5) is 26.3. The van der Waals surface area contributed by atoms with Crippen molar-refractivity contribution in [3.05, 3.63) is 52.9 Å². The molecule has 1 atom stereocenters. The summed E-state index contributed by atoms with van der Waals surface area (Å²) in [5.74, 6) is -5.30. The molecule has 1 aromatic heterocycles. The van der Waals surface area contributed by atoms with Gasteiger partial charge in [-0.1, -0.05) is 0 Å². The molecule has 184 valence electrons. The topological polar surface area (TPSA) is 107 Å². The zero-order chi connectivity index (χ0) is 24.2. The van der Waals surface area contributed by atoms with Gasteiger partial charge in [-0.15, -0.1) is 12.4 Å². The predicted molar refractivity (Wildman–Crippen MR) is 107 cm³/mol. The number of halogens is 7. The van der Waals surface area contributed by atoms with Gasteiger partial charge in [-0.3, -0.25) is 9.59 Å². The van der Waals surface area contributed by atoms with Crippen LogP contribution >= 0.6 is 12.4 Å². The van der Waals surface area contributed by atoms with Crippen LogP contribution < -0.4 is 11.5 Å². The summed E-state index contributed by atoms with van der Waals surface area (Å²) in [5, 5.41) is 0. The Kier molecular flexibility index (Phi) is 9.72. The number of carbonyl (C=O) groups is 2. The number of nitrogens with zero attached hydrogens (tertiary/aromatic N) is 3. The lowest BCUT2D eigenvalue weighted by molar-refractivity contribution is -0.148. The second-order valence-corrected chi connectivity index (χ2v) is 7.17. The fourth-order valence-electron chi connectivity index (χ4n) is 3.15. The average molecular weight is 502 g/mol. The maximum absolute atomic E-state index is 13.7. The minimum absolute atomic E-state index is 0. The Balaban J connectivity index is 0.00000101. The molecular formula is C19H22ClF6N5O2. The highest BCUT2D eigenvalue weighted by Crippen LogP contribution is 2.30. The van der Waals surface area contributed by atoms with Gasteiger partial charge < -0.3 is 20.9 Å². The van der Waals surface area contributed by atoms with Gasteiger partial charge in [0.2, 0.25) is 17.6 Å². The number of benzene rings is 1. The lowest BCUT2D eigenvalue weighted by atomic mass is 10.0. The number of carbonyl (C=O) groups excluding carboxylic acids is 2. The smallest absolute Gasteiger partial charge is 0.370 e. The van der Waals surface area contributed by atoms with Gasteiger partial charge in [0.25, 0.3) is 0 Å². The summed E-state index contributed by atoms with van der Waals surface area (Å²) in [5.41, 5.74) is 10.4. The Labute approximate surface area is 191 Å². The normalized spacial score (nSPS) is 13.9. The molecule has 0 spiro atoms. The first-order valence-electron chi connectivity index (χ1n) is 9.34. The monoisotopic (exact) mass is 501 g/mol. The molecule has 33 heavy (non-hydrogen) atoms. The first-order chi connectivity index (χ1) is 14.8. The molecule has 0 bridgehead atoms. The van der Waals surface area contributed by atoms with Crippen LogP contribution in [0, 0.1) is 17.5 Å². The van der Waals surface area contributed by atoms with E-state index in [0.717, 1.165) is 10.8 Å². The van der Waals surface area contributed by atoms with E-state index in [1.54, 1.807) is 0 Å². The molecule has 0 aliphatic carbocycles. The number of primary amides is 1. The summed E-state index contributed by atoms with van der Waals surface area (Å²) >= 11 is 0. The maximum Gasteiger partial charge on any atom is 0.449 e. The average Bonchev–Trinajstić information content (AvgIpc) is 3.09. The SMILES string of the molecule is CC(N)=O.Cl.NC(CC(=O)N1CCn2c(cnc2C(F)(F)F)C1)Cc1cc(F)c(F)cc1F. The highest BCUT2D eigenvalue weighted by atomic mass is 35.5.